The standard InChI is InChI=1S/C52H36N2O2/c1-3-17-37(18-4-1)53(47-31-35-15-7-9-21-41(35)43-23-11-13-25-45(43)47)39-27-29-49-51(33-39)55-50-30-28-40(34-52(50)56-49)54(38-19-5-2-6-20-38)48-32-36-16-8-10-22-42(36)44-24-12-14-26-46(44)48/h1-7,9-15,17-34H,8,16H2. The number of aryl methyl sites for hydroxylation is 1. The van der Waals surface area contributed by atoms with Gasteiger partial charge in [-0.15, -0.1) is 0 Å². The van der Waals surface area contributed by atoms with Gasteiger partial charge in [0.05, 0.1) is 22.7 Å². The van der Waals surface area contributed by atoms with Crippen LogP contribution in [-0.4, -0.2) is 0 Å². The van der Waals surface area contributed by atoms with E-state index in [1.165, 1.54) is 43.4 Å². The van der Waals surface area contributed by atoms with Crippen molar-refractivity contribution >= 4 is 72.5 Å². The Balaban J connectivity index is 1.01. The second kappa shape index (κ2) is 13.2. The molecule has 1 heterocycles. The lowest BCUT2D eigenvalue weighted by molar-refractivity contribution is 0.360. The van der Waals surface area contributed by atoms with Crippen LogP contribution in [0.25, 0.3) is 38.4 Å². The van der Waals surface area contributed by atoms with Crippen molar-refractivity contribution in [2.45, 2.75) is 12.8 Å². The molecule has 9 aromatic carbocycles. The number of hydrogen-bond donors (Lipinski definition) is 0. The Morgan fingerprint density at radius 1 is 0.375 bits per heavy atom. The van der Waals surface area contributed by atoms with Gasteiger partial charge < -0.3 is 19.3 Å². The van der Waals surface area contributed by atoms with Gasteiger partial charge in [-0.05, 0) is 106 Å². The Morgan fingerprint density at radius 2 is 0.875 bits per heavy atom. The molecule has 2 aliphatic rings. The van der Waals surface area contributed by atoms with Gasteiger partial charge in [0.2, 0.25) is 0 Å². The fourth-order valence-corrected chi connectivity index (χ4v) is 8.53. The van der Waals surface area contributed by atoms with Crippen molar-refractivity contribution in [3.05, 3.63) is 199 Å². The summed E-state index contributed by atoms with van der Waals surface area (Å²) in [5.74, 6) is 2.69. The number of rotatable bonds is 6. The van der Waals surface area contributed by atoms with E-state index in [1.807, 2.05) is 12.1 Å². The molecular formula is C52H36N2O2. The van der Waals surface area contributed by atoms with E-state index >= 15 is 0 Å². The molecule has 0 spiro atoms. The van der Waals surface area contributed by atoms with Crippen LogP contribution in [0.15, 0.2) is 188 Å². The molecule has 1 aliphatic carbocycles. The highest BCUT2D eigenvalue weighted by Gasteiger charge is 2.26. The number of allylic oxidation sites excluding steroid dienone is 1. The molecule has 56 heavy (non-hydrogen) atoms. The maximum atomic E-state index is 6.71. The van der Waals surface area contributed by atoms with Crippen molar-refractivity contribution in [3.63, 3.8) is 0 Å². The van der Waals surface area contributed by atoms with Crippen molar-refractivity contribution in [1.82, 2.24) is 0 Å². The zero-order valence-electron chi connectivity index (χ0n) is 30.6. The van der Waals surface area contributed by atoms with E-state index in [4.69, 9.17) is 9.47 Å². The second-order valence-corrected chi connectivity index (χ2v) is 14.4. The smallest absolute Gasteiger partial charge is 0.172 e. The number of nitrogens with zero attached hydrogens (tertiary/aromatic N) is 2. The summed E-state index contributed by atoms with van der Waals surface area (Å²) in [6.07, 6.45) is 6.64. The monoisotopic (exact) mass is 720 g/mol. The Bertz CT molecular complexity index is 2990. The quantitative estimate of drug-likeness (QED) is 0.160. The molecule has 11 rings (SSSR count). The van der Waals surface area contributed by atoms with Crippen LogP contribution in [0.4, 0.5) is 34.1 Å². The number of benzene rings is 9. The van der Waals surface area contributed by atoms with Gasteiger partial charge in [0.1, 0.15) is 0 Å². The minimum Gasteiger partial charge on any atom is -0.449 e. The van der Waals surface area contributed by atoms with Gasteiger partial charge in [0, 0.05) is 34.3 Å². The first-order valence-corrected chi connectivity index (χ1v) is 19.2. The molecule has 0 saturated carbocycles. The molecule has 0 amide bonds. The summed E-state index contributed by atoms with van der Waals surface area (Å²) in [5, 5.41) is 7.29. The van der Waals surface area contributed by atoms with Gasteiger partial charge in [-0.25, -0.2) is 0 Å². The molecule has 1 aliphatic heterocycles. The lowest BCUT2D eigenvalue weighted by atomic mass is 9.90. The maximum absolute atomic E-state index is 6.71. The summed E-state index contributed by atoms with van der Waals surface area (Å²) in [4.78, 5) is 4.66. The summed E-state index contributed by atoms with van der Waals surface area (Å²) in [7, 11) is 0. The van der Waals surface area contributed by atoms with E-state index in [2.05, 4.69) is 192 Å². The average molecular weight is 721 g/mol. The zero-order chi connectivity index (χ0) is 37.0. The molecule has 0 N–H and O–H groups in total. The molecule has 0 fully saturated rings. The van der Waals surface area contributed by atoms with Crippen LogP contribution < -0.4 is 19.3 Å². The summed E-state index contributed by atoms with van der Waals surface area (Å²) < 4.78 is 13.4. The number of fused-ring (bicyclic) bond motifs is 8. The first-order chi connectivity index (χ1) is 27.8. The lowest BCUT2D eigenvalue weighted by Gasteiger charge is -2.31. The van der Waals surface area contributed by atoms with E-state index in [0.717, 1.165) is 47.0 Å². The van der Waals surface area contributed by atoms with Crippen LogP contribution in [0.5, 0.6) is 23.0 Å². The van der Waals surface area contributed by atoms with Crippen LogP contribution in [0.3, 0.4) is 0 Å². The predicted molar refractivity (Wildman–Crippen MR) is 232 cm³/mol. The molecule has 0 saturated heterocycles. The predicted octanol–water partition coefficient (Wildman–Crippen LogP) is 14.9. The number of ether oxygens (including phenoxy) is 2. The van der Waals surface area contributed by atoms with Crippen LogP contribution in [0.1, 0.15) is 17.5 Å². The van der Waals surface area contributed by atoms with E-state index in [0.29, 0.717) is 23.0 Å². The summed E-state index contributed by atoms with van der Waals surface area (Å²) >= 11 is 0. The third kappa shape index (κ3) is 5.38. The van der Waals surface area contributed by atoms with Crippen LogP contribution in [0.2, 0.25) is 0 Å². The highest BCUT2D eigenvalue weighted by atomic mass is 16.6. The Morgan fingerprint density at radius 3 is 1.50 bits per heavy atom. The molecule has 0 atom stereocenters. The van der Waals surface area contributed by atoms with Gasteiger partial charge in [-0.2, -0.15) is 0 Å². The van der Waals surface area contributed by atoms with Crippen molar-refractivity contribution in [2.24, 2.45) is 0 Å². The molecule has 266 valence electrons. The van der Waals surface area contributed by atoms with Gasteiger partial charge in [0.15, 0.2) is 23.0 Å². The Kier molecular flexibility index (Phi) is 7.59. The van der Waals surface area contributed by atoms with Gasteiger partial charge in [-0.3, -0.25) is 0 Å². The van der Waals surface area contributed by atoms with Crippen molar-refractivity contribution in [3.8, 4) is 23.0 Å². The number of hydrogen-bond acceptors (Lipinski definition) is 4. The summed E-state index contributed by atoms with van der Waals surface area (Å²) in [6, 6.07) is 64.3. The topological polar surface area (TPSA) is 24.9 Å². The van der Waals surface area contributed by atoms with Crippen molar-refractivity contribution < 1.29 is 9.47 Å². The normalized spacial score (nSPS) is 12.7. The highest BCUT2D eigenvalue weighted by Crippen LogP contribution is 2.52. The lowest BCUT2D eigenvalue weighted by Crippen LogP contribution is -2.13. The third-order valence-corrected chi connectivity index (χ3v) is 11.1. The van der Waals surface area contributed by atoms with E-state index in [-0.39, 0.29) is 0 Å². The van der Waals surface area contributed by atoms with E-state index < -0.39 is 0 Å². The second-order valence-electron chi connectivity index (χ2n) is 14.4. The summed E-state index contributed by atoms with van der Waals surface area (Å²) in [6.45, 7) is 0. The summed E-state index contributed by atoms with van der Waals surface area (Å²) in [5.41, 5.74) is 9.03. The fraction of sp³-hybridized carbons (Fsp3) is 0.0385. The zero-order valence-corrected chi connectivity index (χ0v) is 30.6. The molecular weight excluding hydrogens is 685 g/mol. The minimum absolute atomic E-state index is 0.669. The van der Waals surface area contributed by atoms with E-state index in [1.54, 1.807) is 0 Å². The number of para-hydroxylation sites is 2. The van der Waals surface area contributed by atoms with Crippen molar-refractivity contribution in [2.75, 3.05) is 9.80 Å². The molecule has 0 unspecified atom stereocenters. The Hall–Kier alpha value is -7.30. The molecule has 0 bridgehead atoms. The molecule has 0 aromatic heterocycles. The first kappa shape index (κ1) is 32.2. The fourth-order valence-electron chi connectivity index (χ4n) is 8.53. The molecule has 4 nitrogen and oxygen atoms in total. The van der Waals surface area contributed by atoms with Crippen molar-refractivity contribution in [1.29, 1.82) is 0 Å². The van der Waals surface area contributed by atoms with Gasteiger partial charge in [-0.1, -0.05) is 121 Å². The van der Waals surface area contributed by atoms with Crippen LogP contribution >= 0.6 is 0 Å². The SMILES string of the molecule is C1=Cc2c(cc(N(c3ccccc3)c3ccc4c(c3)Oc3ccc(N(c5ccccc5)c5cc6ccccc6c6ccccc56)cc3O4)c3ccccc23)CC1. The molecule has 4 heteroatoms. The maximum Gasteiger partial charge on any atom is 0.172 e. The minimum atomic E-state index is 0.669. The Labute approximate surface area is 325 Å². The van der Waals surface area contributed by atoms with E-state index in [9.17, 15) is 0 Å². The van der Waals surface area contributed by atoms with Gasteiger partial charge in [0.25, 0.3) is 0 Å². The first-order valence-electron chi connectivity index (χ1n) is 19.2. The van der Waals surface area contributed by atoms with Crippen LogP contribution in [0, 0.1) is 0 Å². The number of anilines is 6. The molecule has 9 aromatic rings. The largest absolute Gasteiger partial charge is 0.449 e. The molecule has 0 radical (unpaired) electrons. The average Bonchev–Trinajstić information content (AvgIpc) is 3.26. The van der Waals surface area contributed by atoms with Crippen LogP contribution in [-0.2, 0) is 6.42 Å². The third-order valence-electron chi connectivity index (χ3n) is 11.1. The van der Waals surface area contributed by atoms with Gasteiger partial charge >= 0.3 is 0 Å². The highest BCUT2D eigenvalue weighted by molar-refractivity contribution is 6.14.